The molecule has 0 aromatic rings. The molecular formula is C10H18O3. The molecule has 13 heavy (non-hydrogen) atoms. The predicted octanol–water partition coefficient (Wildman–Crippen LogP) is 2.06. The Morgan fingerprint density at radius 2 is 2.08 bits per heavy atom. The Balaban J connectivity index is 2.51. The van der Waals surface area contributed by atoms with E-state index >= 15 is 0 Å². The van der Waals surface area contributed by atoms with Crippen LogP contribution in [0.5, 0.6) is 0 Å². The zero-order chi connectivity index (χ0) is 9.90. The molecule has 1 N–H and O–H groups in total. The Morgan fingerprint density at radius 1 is 1.54 bits per heavy atom. The van der Waals surface area contributed by atoms with Crippen LogP contribution in [0.2, 0.25) is 0 Å². The van der Waals surface area contributed by atoms with E-state index in [1.807, 2.05) is 0 Å². The van der Waals surface area contributed by atoms with Gasteiger partial charge in [-0.25, -0.2) is 4.79 Å². The van der Waals surface area contributed by atoms with Crippen molar-refractivity contribution in [1.29, 1.82) is 0 Å². The topological polar surface area (TPSA) is 46.5 Å². The van der Waals surface area contributed by atoms with Gasteiger partial charge in [0.2, 0.25) is 0 Å². The summed E-state index contributed by atoms with van der Waals surface area (Å²) in [6, 6.07) is 0. The Hall–Kier alpha value is -0.570. The molecule has 0 amide bonds. The second-order valence-electron chi connectivity index (χ2n) is 4.09. The van der Waals surface area contributed by atoms with Crippen LogP contribution in [-0.2, 0) is 9.53 Å². The number of hydrogen-bond acceptors (Lipinski definition) is 2. The van der Waals surface area contributed by atoms with Crippen LogP contribution in [0.1, 0.15) is 39.0 Å². The number of hydrogen-bond donors (Lipinski definition) is 1. The second kappa shape index (κ2) is 4.09. The molecule has 1 aliphatic carbocycles. The standard InChI is InChI=1S/C10H18O3/c1-10(13-2,9(11)12)7-8-5-3-4-6-8/h8H,3-7H2,1-2H3,(H,11,12). The van der Waals surface area contributed by atoms with E-state index in [1.165, 1.54) is 20.0 Å². The maximum Gasteiger partial charge on any atom is 0.335 e. The fraction of sp³-hybridized carbons (Fsp3) is 0.900. The molecule has 76 valence electrons. The van der Waals surface area contributed by atoms with E-state index in [-0.39, 0.29) is 0 Å². The number of carboxylic acid groups (broad SMARTS) is 1. The molecule has 0 radical (unpaired) electrons. The zero-order valence-corrected chi connectivity index (χ0v) is 8.38. The lowest BCUT2D eigenvalue weighted by Crippen LogP contribution is -2.38. The molecule has 0 spiro atoms. The van der Waals surface area contributed by atoms with Crippen molar-refractivity contribution in [3.05, 3.63) is 0 Å². The third kappa shape index (κ3) is 2.44. The van der Waals surface area contributed by atoms with Gasteiger partial charge in [0.1, 0.15) is 0 Å². The Kier molecular flexibility index (Phi) is 3.31. The summed E-state index contributed by atoms with van der Waals surface area (Å²) in [6.45, 7) is 1.66. The average molecular weight is 186 g/mol. The maximum atomic E-state index is 10.9. The minimum atomic E-state index is -0.977. The van der Waals surface area contributed by atoms with Crippen molar-refractivity contribution >= 4 is 5.97 Å². The van der Waals surface area contributed by atoms with Gasteiger partial charge in [0.05, 0.1) is 0 Å². The SMILES string of the molecule is COC(C)(CC1CCCC1)C(=O)O. The van der Waals surface area contributed by atoms with E-state index in [1.54, 1.807) is 6.92 Å². The van der Waals surface area contributed by atoms with E-state index in [0.717, 1.165) is 12.8 Å². The smallest absolute Gasteiger partial charge is 0.335 e. The minimum Gasteiger partial charge on any atom is -0.479 e. The predicted molar refractivity (Wildman–Crippen MR) is 49.6 cm³/mol. The van der Waals surface area contributed by atoms with Crippen molar-refractivity contribution in [2.45, 2.75) is 44.6 Å². The molecule has 1 atom stereocenters. The summed E-state index contributed by atoms with van der Waals surface area (Å²) in [6.07, 6.45) is 5.45. The summed E-state index contributed by atoms with van der Waals surface area (Å²) in [7, 11) is 1.48. The number of carboxylic acids is 1. The van der Waals surface area contributed by atoms with Crippen molar-refractivity contribution in [2.24, 2.45) is 5.92 Å². The quantitative estimate of drug-likeness (QED) is 0.731. The summed E-state index contributed by atoms with van der Waals surface area (Å²) in [5, 5.41) is 8.97. The highest BCUT2D eigenvalue weighted by Crippen LogP contribution is 2.33. The average Bonchev–Trinajstić information content (AvgIpc) is 2.56. The molecule has 0 aromatic heterocycles. The first-order valence-corrected chi connectivity index (χ1v) is 4.87. The van der Waals surface area contributed by atoms with Crippen LogP contribution in [-0.4, -0.2) is 23.8 Å². The largest absolute Gasteiger partial charge is 0.479 e. The van der Waals surface area contributed by atoms with E-state index in [0.29, 0.717) is 12.3 Å². The molecule has 3 nitrogen and oxygen atoms in total. The van der Waals surface area contributed by atoms with Crippen molar-refractivity contribution < 1.29 is 14.6 Å². The fourth-order valence-electron chi connectivity index (χ4n) is 2.02. The van der Waals surface area contributed by atoms with E-state index < -0.39 is 11.6 Å². The van der Waals surface area contributed by atoms with Crippen LogP contribution in [0.3, 0.4) is 0 Å². The van der Waals surface area contributed by atoms with Gasteiger partial charge in [-0.15, -0.1) is 0 Å². The maximum absolute atomic E-state index is 10.9. The monoisotopic (exact) mass is 186 g/mol. The highest BCUT2D eigenvalue weighted by molar-refractivity contribution is 5.76. The molecule has 1 aliphatic rings. The lowest BCUT2D eigenvalue weighted by Gasteiger charge is -2.26. The summed E-state index contributed by atoms with van der Waals surface area (Å²) in [4.78, 5) is 10.9. The lowest BCUT2D eigenvalue weighted by molar-refractivity contribution is -0.162. The van der Waals surface area contributed by atoms with Gasteiger partial charge in [-0.3, -0.25) is 0 Å². The number of ether oxygens (including phenoxy) is 1. The van der Waals surface area contributed by atoms with Gasteiger partial charge in [-0.2, -0.15) is 0 Å². The summed E-state index contributed by atoms with van der Waals surface area (Å²) >= 11 is 0. The Labute approximate surface area is 79.1 Å². The van der Waals surface area contributed by atoms with Crippen molar-refractivity contribution in [3.8, 4) is 0 Å². The third-order valence-corrected chi connectivity index (χ3v) is 3.06. The Morgan fingerprint density at radius 3 is 2.46 bits per heavy atom. The van der Waals surface area contributed by atoms with Crippen molar-refractivity contribution in [1.82, 2.24) is 0 Å². The van der Waals surface area contributed by atoms with Crippen LogP contribution in [0.4, 0.5) is 0 Å². The third-order valence-electron chi connectivity index (χ3n) is 3.06. The molecule has 1 rings (SSSR count). The summed E-state index contributed by atoms with van der Waals surface area (Å²) in [5.74, 6) is -0.303. The highest BCUT2D eigenvalue weighted by atomic mass is 16.5. The second-order valence-corrected chi connectivity index (χ2v) is 4.09. The molecule has 1 fully saturated rings. The van der Waals surface area contributed by atoms with E-state index in [2.05, 4.69) is 0 Å². The molecule has 0 heterocycles. The van der Waals surface area contributed by atoms with Gasteiger partial charge < -0.3 is 9.84 Å². The van der Waals surface area contributed by atoms with Crippen LogP contribution in [0.15, 0.2) is 0 Å². The van der Waals surface area contributed by atoms with Crippen LogP contribution in [0.25, 0.3) is 0 Å². The first-order chi connectivity index (χ1) is 6.08. The Bertz CT molecular complexity index is 185. The molecule has 3 heteroatoms. The van der Waals surface area contributed by atoms with Crippen LogP contribution < -0.4 is 0 Å². The van der Waals surface area contributed by atoms with Gasteiger partial charge >= 0.3 is 5.97 Å². The molecule has 0 aliphatic heterocycles. The number of aliphatic carboxylic acids is 1. The van der Waals surface area contributed by atoms with Gasteiger partial charge in [0, 0.05) is 7.11 Å². The van der Waals surface area contributed by atoms with E-state index in [4.69, 9.17) is 9.84 Å². The lowest BCUT2D eigenvalue weighted by atomic mass is 9.91. The normalized spacial score (nSPS) is 22.9. The first-order valence-electron chi connectivity index (χ1n) is 4.87. The molecule has 0 bridgehead atoms. The number of rotatable bonds is 4. The van der Waals surface area contributed by atoms with Crippen LogP contribution in [0, 0.1) is 5.92 Å². The zero-order valence-electron chi connectivity index (χ0n) is 8.38. The van der Waals surface area contributed by atoms with Gasteiger partial charge in [0.15, 0.2) is 5.60 Å². The van der Waals surface area contributed by atoms with Gasteiger partial charge in [-0.05, 0) is 19.3 Å². The van der Waals surface area contributed by atoms with Gasteiger partial charge in [0.25, 0.3) is 0 Å². The first kappa shape index (κ1) is 10.5. The van der Waals surface area contributed by atoms with Gasteiger partial charge in [-0.1, -0.05) is 25.7 Å². The van der Waals surface area contributed by atoms with Crippen molar-refractivity contribution in [3.63, 3.8) is 0 Å². The minimum absolute atomic E-state index is 0.543. The molecular weight excluding hydrogens is 168 g/mol. The van der Waals surface area contributed by atoms with Crippen molar-refractivity contribution in [2.75, 3.05) is 7.11 Å². The molecule has 0 aromatic carbocycles. The summed E-state index contributed by atoms with van der Waals surface area (Å²) in [5.41, 5.74) is -0.977. The van der Waals surface area contributed by atoms with E-state index in [9.17, 15) is 4.79 Å². The highest BCUT2D eigenvalue weighted by Gasteiger charge is 2.36. The number of carbonyl (C=O) groups is 1. The molecule has 1 saturated carbocycles. The summed E-state index contributed by atoms with van der Waals surface area (Å²) < 4.78 is 5.06. The molecule has 0 saturated heterocycles. The molecule has 1 unspecified atom stereocenters. The number of methoxy groups -OCH3 is 1. The fourth-order valence-corrected chi connectivity index (χ4v) is 2.02. The van der Waals surface area contributed by atoms with Crippen LogP contribution >= 0.6 is 0 Å².